The highest BCUT2D eigenvalue weighted by atomic mass is 16.7. The van der Waals surface area contributed by atoms with Gasteiger partial charge in [0.15, 0.2) is 0 Å². The van der Waals surface area contributed by atoms with Gasteiger partial charge in [-0.1, -0.05) is 30.3 Å². The normalized spacial score (nSPS) is 22.5. The molecule has 2 rings (SSSR count). The quantitative estimate of drug-likeness (QED) is 0.847. The van der Waals surface area contributed by atoms with Crippen LogP contribution in [0, 0.1) is 0 Å². The topological polar surface area (TPSA) is 44.5 Å². The van der Waals surface area contributed by atoms with Gasteiger partial charge in [0.1, 0.15) is 0 Å². The predicted molar refractivity (Wildman–Crippen MR) is 78.8 cm³/mol. The van der Waals surface area contributed by atoms with E-state index in [4.69, 9.17) is 15.0 Å². The van der Waals surface area contributed by atoms with Crippen molar-refractivity contribution in [1.29, 1.82) is 0 Å². The van der Waals surface area contributed by atoms with Crippen molar-refractivity contribution in [3.05, 3.63) is 35.9 Å². The maximum absolute atomic E-state index is 6.22. The van der Waals surface area contributed by atoms with Crippen molar-refractivity contribution in [2.45, 2.75) is 57.7 Å². The maximum Gasteiger partial charge on any atom is 0.475 e. The van der Waals surface area contributed by atoms with Crippen LogP contribution >= 0.6 is 0 Å². The van der Waals surface area contributed by atoms with Gasteiger partial charge in [-0.2, -0.15) is 0 Å². The number of aryl methyl sites for hydroxylation is 1. The van der Waals surface area contributed by atoms with E-state index >= 15 is 0 Å². The van der Waals surface area contributed by atoms with E-state index in [0.29, 0.717) is 0 Å². The van der Waals surface area contributed by atoms with Gasteiger partial charge in [-0.25, -0.2) is 0 Å². The summed E-state index contributed by atoms with van der Waals surface area (Å²) in [7, 11) is -0.311. The van der Waals surface area contributed by atoms with E-state index in [1.807, 2.05) is 6.07 Å². The molecule has 104 valence electrons. The van der Waals surface area contributed by atoms with Gasteiger partial charge in [-0.05, 0) is 46.1 Å². The van der Waals surface area contributed by atoms with E-state index in [0.717, 1.165) is 12.8 Å². The Morgan fingerprint density at radius 1 is 1.05 bits per heavy atom. The van der Waals surface area contributed by atoms with Gasteiger partial charge in [0, 0.05) is 5.94 Å². The lowest BCUT2D eigenvalue weighted by atomic mass is 9.76. The first-order valence-corrected chi connectivity index (χ1v) is 6.97. The minimum atomic E-state index is -0.311. The van der Waals surface area contributed by atoms with Crippen LogP contribution in [0.5, 0.6) is 0 Å². The van der Waals surface area contributed by atoms with Gasteiger partial charge in [-0.3, -0.25) is 0 Å². The minimum absolute atomic E-state index is 0.0961. The van der Waals surface area contributed by atoms with Crippen molar-refractivity contribution in [3.8, 4) is 0 Å². The number of benzene rings is 1. The smallest absolute Gasteiger partial charge is 0.402 e. The Hall–Kier alpha value is -0.835. The van der Waals surface area contributed by atoms with Crippen LogP contribution in [0.3, 0.4) is 0 Å². The van der Waals surface area contributed by atoms with E-state index in [1.54, 1.807) is 0 Å². The average molecular weight is 261 g/mol. The lowest BCUT2D eigenvalue weighted by Crippen LogP contribution is -2.41. The fourth-order valence-electron chi connectivity index (χ4n) is 2.18. The van der Waals surface area contributed by atoms with Gasteiger partial charge in [0.25, 0.3) is 0 Å². The summed E-state index contributed by atoms with van der Waals surface area (Å²) in [6.45, 7) is 8.21. The second-order valence-corrected chi connectivity index (χ2v) is 6.31. The molecule has 1 atom stereocenters. The minimum Gasteiger partial charge on any atom is -0.402 e. The summed E-state index contributed by atoms with van der Waals surface area (Å²) < 4.78 is 11.9. The van der Waals surface area contributed by atoms with Gasteiger partial charge in [0.05, 0.1) is 11.2 Å². The van der Waals surface area contributed by atoms with E-state index in [2.05, 4.69) is 52.0 Å². The molecule has 0 aliphatic carbocycles. The summed E-state index contributed by atoms with van der Waals surface area (Å²) in [5.74, 6) is -0.0961. The molecule has 1 aromatic rings. The molecule has 1 heterocycles. The Balaban J connectivity index is 1.90. The molecule has 1 fully saturated rings. The van der Waals surface area contributed by atoms with Crippen LogP contribution in [0.2, 0.25) is 0 Å². The zero-order valence-corrected chi connectivity index (χ0v) is 12.3. The Morgan fingerprint density at radius 2 is 1.58 bits per heavy atom. The van der Waals surface area contributed by atoms with Crippen LogP contribution in [0.25, 0.3) is 0 Å². The van der Waals surface area contributed by atoms with Crippen molar-refractivity contribution in [3.63, 3.8) is 0 Å². The van der Waals surface area contributed by atoms with Crippen molar-refractivity contribution < 1.29 is 9.31 Å². The molecule has 1 aromatic carbocycles. The highest BCUT2D eigenvalue weighted by Crippen LogP contribution is 2.37. The van der Waals surface area contributed by atoms with Crippen LogP contribution < -0.4 is 5.73 Å². The summed E-state index contributed by atoms with van der Waals surface area (Å²) in [6.07, 6.45) is 1.81. The molecule has 0 amide bonds. The predicted octanol–water partition coefficient (Wildman–Crippen LogP) is 2.58. The fraction of sp³-hybridized carbons (Fsp3) is 0.600. The Morgan fingerprint density at radius 3 is 2.11 bits per heavy atom. The Kier molecular flexibility index (Phi) is 4.04. The second kappa shape index (κ2) is 5.27. The van der Waals surface area contributed by atoms with Gasteiger partial charge >= 0.3 is 7.12 Å². The third-order valence-electron chi connectivity index (χ3n) is 4.23. The zero-order chi connectivity index (χ0) is 14.1. The van der Waals surface area contributed by atoms with Gasteiger partial charge < -0.3 is 15.0 Å². The van der Waals surface area contributed by atoms with E-state index in [-0.39, 0.29) is 24.3 Å². The second-order valence-electron chi connectivity index (χ2n) is 6.31. The summed E-state index contributed by atoms with van der Waals surface area (Å²) in [5, 5.41) is 0. The van der Waals surface area contributed by atoms with Gasteiger partial charge in [-0.15, -0.1) is 0 Å². The first kappa shape index (κ1) is 14.6. The van der Waals surface area contributed by atoms with E-state index in [1.165, 1.54) is 5.56 Å². The largest absolute Gasteiger partial charge is 0.475 e. The first-order chi connectivity index (χ1) is 8.82. The molecular formula is C15H24BNO2. The number of rotatable bonds is 4. The lowest BCUT2D eigenvalue weighted by Gasteiger charge is -2.32. The van der Waals surface area contributed by atoms with Crippen molar-refractivity contribution in [1.82, 2.24) is 0 Å². The summed E-state index contributed by atoms with van der Waals surface area (Å²) >= 11 is 0. The first-order valence-electron chi connectivity index (χ1n) is 6.97. The Bertz CT molecular complexity index is 403. The van der Waals surface area contributed by atoms with Crippen LogP contribution in [0.4, 0.5) is 0 Å². The molecule has 0 bridgehead atoms. The molecule has 1 aliphatic rings. The molecule has 1 aliphatic heterocycles. The third-order valence-corrected chi connectivity index (χ3v) is 4.23. The maximum atomic E-state index is 6.22. The van der Waals surface area contributed by atoms with Crippen LogP contribution in [-0.4, -0.2) is 24.3 Å². The van der Waals surface area contributed by atoms with E-state index in [9.17, 15) is 0 Å². The number of nitrogens with two attached hydrogens (primary N) is 1. The average Bonchev–Trinajstić information content (AvgIpc) is 2.57. The molecule has 2 N–H and O–H groups in total. The monoisotopic (exact) mass is 261 g/mol. The van der Waals surface area contributed by atoms with Crippen molar-refractivity contribution >= 4 is 7.12 Å². The number of hydrogen-bond acceptors (Lipinski definition) is 3. The molecule has 0 aromatic heterocycles. The van der Waals surface area contributed by atoms with Crippen LogP contribution in [0.15, 0.2) is 30.3 Å². The Labute approximate surface area is 116 Å². The SMILES string of the molecule is CC1(C)OB([C@H](N)CCc2ccccc2)OC1(C)C. The fourth-order valence-corrected chi connectivity index (χ4v) is 2.18. The highest BCUT2D eigenvalue weighted by Gasteiger charge is 2.52. The third kappa shape index (κ3) is 3.19. The highest BCUT2D eigenvalue weighted by molar-refractivity contribution is 6.47. The molecule has 0 unspecified atom stereocenters. The molecule has 3 nitrogen and oxygen atoms in total. The summed E-state index contributed by atoms with van der Waals surface area (Å²) in [6, 6.07) is 10.4. The zero-order valence-electron chi connectivity index (χ0n) is 12.3. The molecule has 19 heavy (non-hydrogen) atoms. The molecule has 0 spiro atoms. The molecular weight excluding hydrogens is 237 g/mol. The summed E-state index contributed by atoms with van der Waals surface area (Å²) in [5.41, 5.74) is 6.91. The molecule has 0 saturated carbocycles. The van der Waals surface area contributed by atoms with Crippen LogP contribution in [-0.2, 0) is 15.7 Å². The van der Waals surface area contributed by atoms with Crippen LogP contribution in [0.1, 0.15) is 39.7 Å². The van der Waals surface area contributed by atoms with Crippen molar-refractivity contribution in [2.75, 3.05) is 0 Å². The number of hydrogen-bond donors (Lipinski definition) is 1. The van der Waals surface area contributed by atoms with Gasteiger partial charge in [0.2, 0.25) is 0 Å². The molecule has 1 saturated heterocycles. The molecule has 0 radical (unpaired) electrons. The van der Waals surface area contributed by atoms with Crippen molar-refractivity contribution in [2.24, 2.45) is 5.73 Å². The molecule has 4 heteroatoms. The standard InChI is InChI=1S/C15H24BNO2/c1-14(2)15(3,4)19-16(18-14)13(17)11-10-12-8-6-5-7-9-12/h5-9,13H,10-11,17H2,1-4H3/t13-/m1/s1. The lowest BCUT2D eigenvalue weighted by molar-refractivity contribution is 0.00578. The summed E-state index contributed by atoms with van der Waals surface area (Å²) in [4.78, 5) is 0. The van der Waals surface area contributed by atoms with E-state index < -0.39 is 0 Å².